The van der Waals surface area contributed by atoms with Gasteiger partial charge in [0.1, 0.15) is 0 Å². The van der Waals surface area contributed by atoms with Crippen LogP contribution in [0.25, 0.3) is 0 Å². The number of aromatic nitrogens is 2. The highest BCUT2D eigenvalue weighted by Crippen LogP contribution is 2.38. The van der Waals surface area contributed by atoms with Crippen LogP contribution in [0.3, 0.4) is 0 Å². The average Bonchev–Trinajstić information content (AvgIpc) is 3.03. The number of carbonyl (C=O) groups is 1. The molecule has 1 aliphatic heterocycles. The van der Waals surface area contributed by atoms with Crippen LogP contribution in [0.15, 0.2) is 4.52 Å². The first-order valence-corrected chi connectivity index (χ1v) is 9.76. The molecular weight excluding hydrogens is 320 g/mol. The van der Waals surface area contributed by atoms with Gasteiger partial charge in [-0.1, -0.05) is 11.6 Å². The molecule has 2 aliphatic rings. The third-order valence-electron chi connectivity index (χ3n) is 4.97. The van der Waals surface area contributed by atoms with Gasteiger partial charge in [0.2, 0.25) is 5.89 Å². The zero-order chi connectivity index (χ0) is 16.7. The summed E-state index contributed by atoms with van der Waals surface area (Å²) in [5.41, 5.74) is 0. The second-order valence-corrected chi connectivity index (χ2v) is 8.90. The molecule has 9 heteroatoms. The van der Waals surface area contributed by atoms with Crippen LogP contribution >= 0.6 is 0 Å². The van der Waals surface area contributed by atoms with Crippen LogP contribution in [-0.4, -0.2) is 53.6 Å². The molecule has 0 spiro atoms. The minimum atomic E-state index is -3.18. The Labute approximate surface area is 135 Å². The number of likely N-dealkylation sites (tertiary alicyclic amines) is 1. The van der Waals surface area contributed by atoms with Gasteiger partial charge in [-0.3, -0.25) is 0 Å². The Bertz CT molecular complexity index is 695. The molecule has 0 aromatic carbocycles. The van der Waals surface area contributed by atoms with Crippen molar-refractivity contribution in [2.45, 2.75) is 49.8 Å². The van der Waals surface area contributed by atoms with Gasteiger partial charge in [0, 0.05) is 26.3 Å². The number of nitrogens with one attached hydrogen (secondary N) is 1. The first-order chi connectivity index (χ1) is 10.8. The van der Waals surface area contributed by atoms with Crippen LogP contribution in [0.1, 0.15) is 49.9 Å². The first kappa shape index (κ1) is 16.2. The number of amides is 2. The number of aryl methyl sites for hydroxylation is 1. The summed E-state index contributed by atoms with van der Waals surface area (Å²) in [4.78, 5) is 18.4. The molecule has 1 saturated heterocycles. The fraction of sp³-hybridized carbons (Fsp3) is 0.786. The Morgan fingerprint density at radius 3 is 2.70 bits per heavy atom. The molecule has 1 unspecified atom stereocenters. The van der Waals surface area contributed by atoms with Gasteiger partial charge in [0.25, 0.3) is 0 Å². The largest absolute Gasteiger partial charge is 0.340 e. The summed E-state index contributed by atoms with van der Waals surface area (Å²) in [5, 5.41) is 6.70. The molecule has 2 fully saturated rings. The molecule has 128 valence electrons. The summed E-state index contributed by atoms with van der Waals surface area (Å²) in [5.74, 6) is 0.981. The van der Waals surface area contributed by atoms with Gasteiger partial charge in [0.15, 0.2) is 15.7 Å². The highest BCUT2D eigenvalue weighted by molar-refractivity contribution is 7.92. The van der Waals surface area contributed by atoms with Crippen LogP contribution in [0, 0.1) is 6.92 Å². The summed E-state index contributed by atoms with van der Waals surface area (Å²) >= 11 is 0. The van der Waals surface area contributed by atoms with Crippen molar-refractivity contribution in [3.63, 3.8) is 0 Å². The number of sulfone groups is 1. The molecule has 1 aromatic rings. The van der Waals surface area contributed by atoms with E-state index in [0.29, 0.717) is 31.1 Å². The maximum atomic E-state index is 12.5. The average molecular weight is 342 g/mol. The Morgan fingerprint density at radius 2 is 2.17 bits per heavy atom. The molecule has 8 nitrogen and oxygen atoms in total. The zero-order valence-corrected chi connectivity index (χ0v) is 14.2. The van der Waals surface area contributed by atoms with E-state index in [0.717, 1.165) is 19.3 Å². The quantitative estimate of drug-likeness (QED) is 0.881. The van der Waals surface area contributed by atoms with Crippen LogP contribution in [-0.2, 0) is 9.84 Å². The number of urea groups is 1. The monoisotopic (exact) mass is 342 g/mol. The standard InChI is InChI=1S/C14H22N4O4S/c1-10-16-12(17-22-10)11-5-3-8-18(11)13(19)15-9-14(6-4-7-14)23(2,20)21/h11H,3-9H2,1-2H3,(H,15,19). The van der Waals surface area contributed by atoms with Gasteiger partial charge in [-0.2, -0.15) is 4.98 Å². The van der Waals surface area contributed by atoms with Crippen molar-refractivity contribution in [2.24, 2.45) is 0 Å². The lowest BCUT2D eigenvalue weighted by molar-refractivity contribution is 0.186. The number of rotatable bonds is 4. The fourth-order valence-electron chi connectivity index (χ4n) is 3.32. The highest BCUT2D eigenvalue weighted by Gasteiger charge is 2.47. The van der Waals surface area contributed by atoms with Crippen LogP contribution in [0.5, 0.6) is 0 Å². The summed E-state index contributed by atoms with van der Waals surface area (Å²) in [6, 6.07) is -0.465. The van der Waals surface area contributed by atoms with Crippen molar-refractivity contribution in [2.75, 3.05) is 19.3 Å². The predicted octanol–water partition coefficient (Wildman–Crippen LogP) is 1.19. The van der Waals surface area contributed by atoms with Crippen molar-refractivity contribution < 1.29 is 17.7 Å². The molecular formula is C14H22N4O4S. The van der Waals surface area contributed by atoms with E-state index in [1.165, 1.54) is 6.26 Å². The molecule has 0 radical (unpaired) electrons. The predicted molar refractivity (Wildman–Crippen MR) is 82.5 cm³/mol. The summed E-state index contributed by atoms with van der Waals surface area (Å²) in [6.45, 7) is 2.48. The van der Waals surface area contributed by atoms with E-state index >= 15 is 0 Å². The Kier molecular flexibility index (Phi) is 4.07. The van der Waals surface area contributed by atoms with E-state index in [1.807, 2.05) is 0 Å². The van der Waals surface area contributed by atoms with Gasteiger partial charge in [0.05, 0.1) is 10.8 Å². The van der Waals surface area contributed by atoms with Gasteiger partial charge in [-0.15, -0.1) is 0 Å². The maximum absolute atomic E-state index is 12.5. The Balaban J connectivity index is 1.66. The number of nitrogens with zero attached hydrogens (tertiary/aromatic N) is 3. The maximum Gasteiger partial charge on any atom is 0.318 e. The minimum absolute atomic E-state index is 0.166. The SMILES string of the molecule is Cc1nc(C2CCCN2C(=O)NCC2(S(C)(=O)=O)CCC2)no1. The van der Waals surface area contributed by atoms with E-state index in [9.17, 15) is 13.2 Å². The van der Waals surface area contributed by atoms with Crippen LogP contribution < -0.4 is 5.32 Å². The van der Waals surface area contributed by atoms with Crippen molar-refractivity contribution in [3.8, 4) is 0 Å². The number of hydrogen-bond donors (Lipinski definition) is 1. The van der Waals surface area contributed by atoms with Crippen molar-refractivity contribution in [1.29, 1.82) is 0 Å². The molecule has 1 aliphatic carbocycles. The third kappa shape index (κ3) is 2.93. The molecule has 3 rings (SSSR count). The molecule has 0 bridgehead atoms. The van der Waals surface area contributed by atoms with E-state index in [4.69, 9.17) is 4.52 Å². The van der Waals surface area contributed by atoms with E-state index in [1.54, 1.807) is 11.8 Å². The van der Waals surface area contributed by atoms with E-state index < -0.39 is 14.6 Å². The number of hydrogen-bond acceptors (Lipinski definition) is 6. The Morgan fingerprint density at radius 1 is 1.43 bits per heavy atom. The molecule has 1 atom stereocenters. The molecule has 2 heterocycles. The fourth-order valence-corrected chi connectivity index (χ4v) is 4.68. The molecule has 1 aromatic heterocycles. The molecule has 1 saturated carbocycles. The molecule has 23 heavy (non-hydrogen) atoms. The molecule has 2 amide bonds. The summed E-state index contributed by atoms with van der Waals surface area (Å²) in [6.07, 6.45) is 5.00. The topological polar surface area (TPSA) is 105 Å². The second-order valence-electron chi connectivity index (χ2n) is 6.49. The van der Waals surface area contributed by atoms with Gasteiger partial charge >= 0.3 is 6.03 Å². The van der Waals surface area contributed by atoms with Gasteiger partial charge < -0.3 is 14.7 Å². The third-order valence-corrected chi connectivity index (χ3v) is 7.09. The lowest BCUT2D eigenvalue weighted by atomic mass is 9.84. The highest BCUT2D eigenvalue weighted by atomic mass is 32.2. The van der Waals surface area contributed by atoms with E-state index in [2.05, 4.69) is 15.5 Å². The summed E-state index contributed by atoms with van der Waals surface area (Å²) < 4.78 is 28.1. The van der Waals surface area contributed by atoms with E-state index in [-0.39, 0.29) is 18.6 Å². The number of carbonyl (C=O) groups excluding carboxylic acids is 1. The van der Waals surface area contributed by atoms with Gasteiger partial charge in [-0.25, -0.2) is 13.2 Å². The lowest BCUT2D eigenvalue weighted by Gasteiger charge is -2.40. The van der Waals surface area contributed by atoms with Crippen LogP contribution in [0.2, 0.25) is 0 Å². The van der Waals surface area contributed by atoms with Crippen molar-refractivity contribution in [1.82, 2.24) is 20.4 Å². The second kappa shape index (κ2) is 5.77. The van der Waals surface area contributed by atoms with Crippen molar-refractivity contribution in [3.05, 3.63) is 11.7 Å². The molecule has 1 N–H and O–H groups in total. The smallest absolute Gasteiger partial charge is 0.318 e. The van der Waals surface area contributed by atoms with Crippen molar-refractivity contribution >= 4 is 15.9 Å². The summed E-state index contributed by atoms with van der Waals surface area (Å²) in [7, 11) is -3.18. The zero-order valence-electron chi connectivity index (χ0n) is 13.4. The first-order valence-electron chi connectivity index (χ1n) is 7.87. The Hall–Kier alpha value is -1.64. The normalized spacial score (nSPS) is 23.6. The van der Waals surface area contributed by atoms with Crippen LogP contribution in [0.4, 0.5) is 4.79 Å². The van der Waals surface area contributed by atoms with Gasteiger partial charge in [-0.05, 0) is 25.7 Å². The minimum Gasteiger partial charge on any atom is -0.340 e. The lowest BCUT2D eigenvalue weighted by Crippen LogP contribution is -2.55.